The Morgan fingerprint density at radius 2 is 2.15 bits per heavy atom. The Morgan fingerprint density at radius 1 is 1.45 bits per heavy atom. The molecule has 20 heavy (non-hydrogen) atoms. The van der Waals surface area contributed by atoms with Gasteiger partial charge >= 0.3 is 5.97 Å². The van der Waals surface area contributed by atoms with E-state index < -0.39 is 11.5 Å². The second-order valence-electron chi connectivity index (χ2n) is 4.99. The van der Waals surface area contributed by atoms with E-state index in [0.29, 0.717) is 35.2 Å². The molecule has 1 atom stereocenters. The van der Waals surface area contributed by atoms with Crippen LogP contribution in [0, 0.1) is 0 Å². The first-order valence-corrected chi connectivity index (χ1v) is 7.08. The van der Waals surface area contributed by atoms with Crippen molar-refractivity contribution in [3.8, 4) is 5.75 Å². The molecule has 1 fully saturated rings. The Balaban J connectivity index is 2.32. The fraction of sp³-hybridized carbons (Fsp3) is 0.429. The number of methoxy groups -OCH3 is 1. The number of carbonyl (C=O) groups is 2. The highest BCUT2D eigenvalue weighted by Crippen LogP contribution is 2.32. The maximum atomic E-state index is 12.5. The lowest BCUT2D eigenvalue weighted by atomic mass is 9.98. The number of likely N-dealkylation sites (tertiary alicyclic amines) is 1. The van der Waals surface area contributed by atoms with Gasteiger partial charge in [-0.05, 0) is 53.9 Å². The van der Waals surface area contributed by atoms with Crippen molar-refractivity contribution in [3.63, 3.8) is 0 Å². The van der Waals surface area contributed by atoms with E-state index in [1.165, 1.54) is 4.90 Å². The second-order valence-corrected chi connectivity index (χ2v) is 5.84. The Labute approximate surface area is 125 Å². The van der Waals surface area contributed by atoms with E-state index >= 15 is 0 Å². The molecule has 1 aromatic rings. The molecule has 0 bridgehead atoms. The summed E-state index contributed by atoms with van der Waals surface area (Å²) in [6, 6.07) is 4.99. The van der Waals surface area contributed by atoms with E-state index in [2.05, 4.69) is 15.9 Å². The highest BCUT2D eigenvalue weighted by molar-refractivity contribution is 9.10. The smallest absolute Gasteiger partial charge is 0.329 e. The average molecular weight is 342 g/mol. The van der Waals surface area contributed by atoms with Crippen molar-refractivity contribution in [2.24, 2.45) is 0 Å². The first-order valence-electron chi connectivity index (χ1n) is 6.29. The van der Waals surface area contributed by atoms with Gasteiger partial charge in [0.15, 0.2) is 0 Å². The molecule has 0 aliphatic carbocycles. The zero-order valence-corrected chi connectivity index (χ0v) is 12.9. The Kier molecular flexibility index (Phi) is 4.04. The van der Waals surface area contributed by atoms with Crippen LogP contribution in [0.25, 0.3) is 0 Å². The van der Waals surface area contributed by atoms with E-state index in [9.17, 15) is 14.7 Å². The van der Waals surface area contributed by atoms with Gasteiger partial charge in [0.25, 0.3) is 5.91 Å². The molecule has 5 nitrogen and oxygen atoms in total. The van der Waals surface area contributed by atoms with Gasteiger partial charge in [-0.1, -0.05) is 0 Å². The summed E-state index contributed by atoms with van der Waals surface area (Å²) >= 11 is 3.33. The van der Waals surface area contributed by atoms with Gasteiger partial charge in [0, 0.05) is 12.1 Å². The zero-order chi connectivity index (χ0) is 14.9. The fourth-order valence-corrected chi connectivity index (χ4v) is 3.01. The van der Waals surface area contributed by atoms with Gasteiger partial charge in [0.2, 0.25) is 0 Å². The number of rotatable bonds is 3. The van der Waals surface area contributed by atoms with Crippen molar-refractivity contribution < 1.29 is 19.4 Å². The third-order valence-corrected chi connectivity index (χ3v) is 4.37. The lowest BCUT2D eigenvalue weighted by Gasteiger charge is -2.31. The Hall–Kier alpha value is -1.56. The Bertz CT molecular complexity index is 560. The molecule has 0 saturated carbocycles. The molecule has 0 spiro atoms. The number of carboxylic acid groups (broad SMARTS) is 1. The van der Waals surface area contributed by atoms with Crippen molar-refractivity contribution in [1.82, 2.24) is 4.90 Å². The molecule has 2 rings (SSSR count). The first kappa shape index (κ1) is 14.8. The normalized spacial score (nSPS) is 21.9. The molecule has 108 valence electrons. The molecule has 1 saturated heterocycles. The summed E-state index contributed by atoms with van der Waals surface area (Å²) in [4.78, 5) is 25.4. The maximum Gasteiger partial charge on any atom is 0.329 e. The van der Waals surface area contributed by atoms with E-state index in [4.69, 9.17) is 4.74 Å². The summed E-state index contributed by atoms with van der Waals surface area (Å²) in [5.74, 6) is -0.601. The molecule has 1 aromatic carbocycles. The summed E-state index contributed by atoms with van der Waals surface area (Å²) in [7, 11) is 1.55. The van der Waals surface area contributed by atoms with Gasteiger partial charge in [-0.25, -0.2) is 4.79 Å². The van der Waals surface area contributed by atoms with E-state index in [1.54, 1.807) is 32.2 Å². The van der Waals surface area contributed by atoms with Crippen LogP contribution in [0.15, 0.2) is 22.7 Å². The second kappa shape index (κ2) is 5.44. The summed E-state index contributed by atoms with van der Waals surface area (Å²) in [6.45, 7) is 2.06. The number of hydrogen-bond donors (Lipinski definition) is 1. The number of aliphatic carboxylic acids is 1. The SMILES string of the molecule is COc1ccc(C(=O)N2CCCC2(C)C(=O)O)cc1Br. The van der Waals surface area contributed by atoms with Gasteiger partial charge in [-0.15, -0.1) is 0 Å². The van der Waals surface area contributed by atoms with Crippen LogP contribution in [0.5, 0.6) is 5.75 Å². The molecule has 1 aliphatic heterocycles. The third kappa shape index (κ3) is 2.40. The molecule has 1 unspecified atom stereocenters. The van der Waals surface area contributed by atoms with Gasteiger partial charge < -0.3 is 14.7 Å². The number of nitrogens with zero attached hydrogens (tertiary/aromatic N) is 1. The van der Waals surface area contributed by atoms with Crippen molar-refractivity contribution in [1.29, 1.82) is 0 Å². The third-order valence-electron chi connectivity index (χ3n) is 3.75. The topological polar surface area (TPSA) is 66.8 Å². The van der Waals surface area contributed by atoms with Crippen LogP contribution >= 0.6 is 15.9 Å². The van der Waals surface area contributed by atoms with Crippen LogP contribution in [0.1, 0.15) is 30.1 Å². The van der Waals surface area contributed by atoms with Crippen LogP contribution < -0.4 is 4.74 Å². The Morgan fingerprint density at radius 3 is 2.70 bits per heavy atom. The van der Waals surface area contributed by atoms with Crippen molar-refractivity contribution in [2.45, 2.75) is 25.3 Å². The van der Waals surface area contributed by atoms with Gasteiger partial charge in [-0.2, -0.15) is 0 Å². The molecule has 1 aliphatic rings. The van der Waals surface area contributed by atoms with Crippen molar-refractivity contribution in [2.75, 3.05) is 13.7 Å². The quantitative estimate of drug-likeness (QED) is 0.917. The minimum atomic E-state index is -1.12. The molecule has 1 amide bonds. The van der Waals surface area contributed by atoms with E-state index in [0.717, 1.165) is 0 Å². The fourth-order valence-electron chi connectivity index (χ4n) is 2.47. The average Bonchev–Trinajstić information content (AvgIpc) is 2.81. The minimum Gasteiger partial charge on any atom is -0.496 e. The largest absolute Gasteiger partial charge is 0.496 e. The first-order chi connectivity index (χ1) is 9.40. The highest BCUT2D eigenvalue weighted by atomic mass is 79.9. The molecular weight excluding hydrogens is 326 g/mol. The maximum absolute atomic E-state index is 12.5. The van der Waals surface area contributed by atoms with Crippen molar-refractivity contribution in [3.05, 3.63) is 28.2 Å². The standard InChI is InChI=1S/C14H16BrNO4/c1-14(13(18)19)6-3-7-16(14)12(17)9-4-5-11(20-2)10(15)8-9/h4-5,8H,3,6-7H2,1-2H3,(H,18,19). The van der Waals surface area contributed by atoms with Gasteiger partial charge in [0.1, 0.15) is 11.3 Å². The number of carboxylic acids is 1. The van der Waals surface area contributed by atoms with E-state index in [1.807, 2.05) is 0 Å². The van der Waals surface area contributed by atoms with Crippen molar-refractivity contribution >= 4 is 27.8 Å². The van der Waals surface area contributed by atoms with Crippen LogP contribution in [0.3, 0.4) is 0 Å². The summed E-state index contributed by atoms with van der Waals surface area (Å²) < 4.78 is 5.79. The number of ether oxygens (including phenoxy) is 1. The lowest BCUT2D eigenvalue weighted by Crippen LogP contribution is -2.50. The molecule has 6 heteroatoms. The van der Waals surface area contributed by atoms with Crippen LogP contribution in [0.2, 0.25) is 0 Å². The predicted octanol–water partition coefficient (Wildman–Crippen LogP) is 2.54. The summed E-state index contributed by atoms with van der Waals surface area (Å²) in [5, 5.41) is 9.35. The highest BCUT2D eigenvalue weighted by Gasteiger charge is 2.46. The molecule has 0 radical (unpaired) electrons. The van der Waals surface area contributed by atoms with E-state index in [-0.39, 0.29) is 5.91 Å². The summed E-state index contributed by atoms with van der Waals surface area (Å²) in [6.07, 6.45) is 1.18. The lowest BCUT2D eigenvalue weighted by molar-refractivity contribution is -0.147. The summed E-state index contributed by atoms with van der Waals surface area (Å²) in [5.41, 5.74) is -0.671. The molecule has 0 aromatic heterocycles. The minimum absolute atomic E-state index is 0.268. The molecule has 1 heterocycles. The molecule has 1 N–H and O–H groups in total. The number of benzene rings is 1. The number of carbonyl (C=O) groups excluding carboxylic acids is 1. The predicted molar refractivity (Wildman–Crippen MR) is 77.0 cm³/mol. The van der Waals surface area contributed by atoms with Gasteiger partial charge in [-0.3, -0.25) is 4.79 Å². The van der Waals surface area contributed by atoms with Crippen LogP contribution in [0.4, 0.5) is 0 Å². The monoisotopic (exact) mass is 341 g/mol. The van der Waals surface area contributed by atoms with Gasteiger partial charge in [0.05, 0.1) is 11.6 Å². The van der Waals surface area contributed by atoms with Crippen LogP contribution in [-0.4, -0.2) is 41.1 Å². The number of amides is 1. The zero-order valence-electron chi connectivity index (χ0n) is 11.4. The number of halogens is 1. The van der Waals surface area contributed by atoms with Crippen LogP contribution in [-0.2, 0) is 4.79 Å². The molecular formula is C14H16BrNO4. The number of hydrogen-bond acceptors (Lipinski definition) is 3.